The van der Waals surface area contributed by atoms with Crippen LogP contribution in [0.3, 0.4) is 0 Å². The number of carbonyl (C=O) groups excluding carboxylic acids is 1. The van der Waals surface area contributed by atoms with Crippen molar-refractivity contribution < 1.29 is 14.3 Å². The predicted molar refractivity (Wildman–Crippen MR) is 95.1 cm³/mol. The quantitative estimate of drug-likeness (QED) is 0.769. The first-order valence-electron chi connectivity index (χ1n) is 7.66. The van der Waals surface area contributed by atoms with Gasteiger partial charge in [-0.3, -0.25) is 4.79 Å². The number of hydrogen-bond donors (Lipinski definition) is 1. The third kappa shape index (κ3) is 2.98. The monoisotopic (exact) mass is 337 g/mol. The van der Waals surface area contributed by atoms with E-state index < -0.39 is 0 Å². The van der Waals surface area contributed by atoms with Crippen molar-refractivity contribution in [3.05, 3.63) is 65.5 Å². The van der Waals surface area contributed by atoms with Gasteiger partial charge in [0.15, 0.2) is 11.5 Å². The number of thiophene rings is 1. The molecule has 0 saturated carbocycles. The van der Waals surface area contributed by atoms with Gasteiger partial charge in [0.05, 0.1) is 4.88 Å². The second-order valence-electron chi connectivity index (χ2n) is 5.34. The summed E-state index contributed by atoms with van der Waals surface area (Å²) in [6, 6.07) is 19.3. The number of fused-ring (bicyclic) bond motifs is 1. The number of nitrogens with one attached hydrogen (secondary N) is 1. The fourth-order valence-corrected chi connectivity index (χ4v) is 3.44. The van der Waals surface area contributed by atoms with E-state index in [1.807, 2.05) is 54.6 Å². The average molecular weight is 337 g/mol. The Hall–Kier alpha value is -2.79. The van der Waals surface area contributed by atoms with Gasteiger partial charge in [0.1, 0.15) is 13.2 Å². The summed E-state index contributed by atoms with van der Waals surface area (Å²) in [5.41, 5.74) is 1.81. The van der Waals surface area contributed by atoms with Crippen LogP contribution >= 0.6 is 11.3 Å². The molecule has 0 fully saturated rings. The van der Waals surface area contributed by atoms with Crippen LogP contribution in [-0.4, -0.2) is 19.1 Å². The molecule has 2 aromatic carbocycles. The van der Waals surface area contributed by atoms with Crippen LogP contribution in [0, 0.1) is 0 Å². The Labute approximate surface area is 143 Å². The van der Waals surface area contributed by atoms with Gasteiger partial charge in [0.25, 0.3) is 5.91 Å². The van der Waals surface area contributed by atoms with Gasteiger partial charge in [-0.25, -0.2) is 0 Å². The van der Waals surface area contributed by atoms with Crippen LogP contribution in [0.15, 0.2) is 60.7 Å². The van der Waals surface area contributed by atoms with Crippen molar-refractivity contribution in [2.24, 2.45) is 0 Å². The molecule has 24 heavy (non-hydrogen) atoms. The first-order chi connectivity index (χ1) is 11.8. The van der Waals surface area contributed by atoms with E-state index in [4.69, 9.17) is 9.47 Å². The van der Waals surface area contributed by atoms with Crippen molar-refractivity contribution in [1.29, 1.82) is 0 Å². The first-order valence-corrected chi connectivity index (χ1v) is 8.47. The molecule has 1 aliphatic heterocycles. The number of anilines is 1. The lowest BCUT2D eigenvalue weighted by Gasteiger charge is -2.18. The van der Waals surface area contributed by atoms with Gasteiger partial charge in [-0.1, -0.05) is 30.3 Å². The van der Waals surface area contributed by atoms with Crippen molar-refractivity contribution in [2.45, 2.75) is 0 Å². The van der Waals surface area contributed by atoms with E-state index in [9.17, 15) is 4.79 Å². The molecule has 0 spiro atoms. The highest BCUT2D eigenvalue weighted by atomic mass is 32.1. The third-order valence-corrected chi connectivity index (χ3v) is 4.82. The lowest BCUT2D eigenvalue weighted by Crippen LogP contribution is -2.16. The van der Waals surface area contributed by atoms with E-state index in [1.54, 1.807) is 6.07 Å². The molecule has 0 bridgehead atoms. The van der Waals surface area contributed by atoms with Crippen LogP contribution in [0.5, 0.6) is 11.5 Å². The molecule has 5 heteroatoms. The minimum atomic E-state index is -0.126. The number of ether oxygens (including phenoxy) is 2. The first kappa shape index (κ1) is 14.8. The van der Waals surface area contributed by atoms with Crippen molar-refractivity contribution in [2.75, 3.05) is 18.5 Å². The molecule has 0 saturated heterocycles. The molecule has 1 N–H and O–H groups in total. The molecule has 120 valence electrons. The summed E-state index contributed by atoms with van der Waals surface area (Å²) < 4.78 is 11.0. The van der Waals surface area contributed by atoms with E-state index in [0.29, 0.717) is 35.3 Å². The van der Waals surface area contributed by atoms with E-state index in [0.717, 1.165) is 10.4 Å². The van der Waals surface area contributed by atoms with Crippen LogP contribution in [0.4, 0.5) is 5.69 Å². The Morgan fingerprint density at radius 2 is 1.71 bits per heavy atom. The zero-order chi connectivity index (χ0) is 16.4. The average Bonchev–Trinajstić information content (AvgIpc) is 3.13. The summed E-state index contributed by atoms with van der Waals surface area (Å²) in [6.45, 7) is 1.08. The Bertz CT molecular complexity index is 873. The molecule has 3 aromatic rings. The van der Waals surface area contributed by atoms with Gasteiger partial charge < -0.3 is 14.8 Å². The van der Waals surface area contributed by atoms with E-state index in [-0.39, 0.29) is 5.91 Å². The fourth-order valence-electron chi connectivity index (χ4n) is 2.53. The largest absolute Gasteiger partial charge is 0.486 e. The van der Waals surface area contributed by atoms with Crippen LogP contribution in [-0.2, 0) is 0 Å². The molecular weight excluding hydrogens is 322 g/mol. The predicted octanol–water partition coefficient (Wildman–Crippen LogP) is 4.44. The van der Waals surface area contributed by atoms with E-state index >= 15 is 0 Å². The van der Waals surface area contributed by atoms with E-state index in [1.165, 1.54) is 11.3 Å². The molecule has 1 aromatic heterocycles. The maximum Gasteiger partial charge on any atom is 0.265 e. The summed E-state index contributed by atoms with van der Waals surface area (Å²) >= 11 is 1.47. The lowest BCUT2D eigenvalue weighted by atomic mass is 10.2. The maximum atomic E-state index is 12.5. The summed E-state index contributed by atoms with van der Waals surface area (Å²) in [5, 5.41) is 2.91. The summed E-state index contributed by atoms with van der Waals surface area (Å²) in [6.07, 6.45) is 0. The van der Waals surface area contributed by atoms with Gasteiger partial charge in [-0.2, -0.15) is 0 Å². The fraction of sp³-hybridized carbons (Fsp3) is 0.105. The highest BCUT2D eigenvalue weighted by Crippen LogP contribution is 2.33. The minimum absolute atomic E-state index is 0.126. The highest BCUT2D eigenvalue weighted by molar-refractivity contribution is 7.17. The zero-order valence-corrected chi connectivity index (χ0v) is 13.6. The Morgan fingerprint density at radius 1 is 0.917 bits per heavy atom. The van der Waals surface area contributed by atoms with Crippen molar-refractivity contribution in [3.63, 3.8) is 0 Å². The molecule has 4 nitrogen and oxygen atoms in total. The van der Waals surface area contributed by atoms with Gasteiger partial charge in [-0.05, 0) is 29.8 Å². The second kappa shape index (κ2) is 6.37. The summed E-state index contributed by atoms with van der Waals surface area (Å²) in [4.78, 5) is 14.2. The van der Waals surface area contributed by atoms with E-state index in [2.05, 4.69) is 5.32 Å². The van der Waals surface area contributed by atoms with Crippen LogP contribution in [0.1, 0.15) is 9.67 Å². The summed E-state index contributed by atoms with van der Waals surface area (Å²) in [7, 11) is 0. The van der Waals surface area contributed by atoms with Gasteiger partial charge in [0.2, 0.25) is 0 Å². The number of hydrogen-bond acceptors (Lipinski definition) is 4. The Morgan fingerprint density at radius 3 is 2.54 bits per heavy atom. The topological polar surface area (TPSA) is 47.6 Å². The standard InChI is InChI=1S/C19H15NO3S/c21-19(18-9-8-17(24-18)13-4-2-1-3-5-13)20-14-6-7-15-16(12-14)23-11-10-22-15/h1-9,12H,10-11H2,(H,20,21). The van der Waals surface area contributed by atoms with Gasteiger partial charge >= 0.3 is 0 Å². The molecule has 1 amide bonds. The van der Waals surface area contributed by atoms with Crippen LogP contribution in [0.2, 0.25) is 0 Å². The normalized spacial score (nSPS) is 12.7. The van der Waals surface area contributed by atoms with Gasteiger partial charge in [-0.15, -0.1) is 11.3 Å². The summed E-state index contributed by atoms with van der Waals surface area (Å²) in [5.74, 6) is 1.25. The molecule has 0 atom stereocenters. The Kier molecular flexibility index (Phi) is 3.92. The molecule has 1 aliphatic rings. The second-order valence-corrected chi connectivity index (χ2v) is 6.43. The third-order valence-electron chi connectivity index (χ3n) is 3.69. The van der Waals surface area contributed by atoms with Crippen LogP contribution < -0.4 is 14.8 Å². The van der Waals surface area contributed by atoms with Crippen molar-refractivity contribution in [1.82, 2.24) is 0 Å². The zero-order valence-electron chi connectivity index (χ0n) is 12.8. The van der Waals surface area contributed by atoms with Crippen molar-refractivity contribution in [3.8, 4) is 21.9 Å². The molecule has 0 unspecified atom stereocenters. The molecule has 4 rings (SSSR count). The number of amides is 1. The molecular formula is C19H15NO3S. The molecule has 0 radical (unpaired) electrons. The van der Waals surface area contributed by atoms with Crippen LogP contribution in [0.25, 0.3) is 10.4 Å². The lowest BCUT2D eigenvalue weighted by molar-refractivity contribution is 0.103. The number of carbonyl (C=O) groups is 1. The minimum Gasteiger partial charge on any atom is -0.486 e. The molecule has 0 aliphatic carbocycles. The molecule has 2 heterocycles. The smallest absolute Gasteiger partial charge is 0.265 e. The number of benzene rings is 2. The highest BCUT2D eigenvalue weighted by Gasteiger charge is 2.14. The number of rotatable bonds is 3. The SMILES string of the molecule is O=C(Nc1ccc2c(c1)OCCO2)c1ccc(-c2ccccc2)s1. The maximum absolute atomic E-state index is 12.5. The Balaban J connectivity index is 1.51. The van der Waals surface area contributed by atoms with Crippen molar-refractivity contribution >= 4 is 22.9 Å². The van der Waals surface area contributed by atoms with Gasteiger partial charge in [0, 0.05) is 16.6 Å².